The van der Waals surface area contributed by atoms with Crippen molar-refractivity contribution in [2.45, 2.75) is 39.2 Å². The van der Waals surface area contributed by atoms with Gasteiger partial charge in [0.2, 0.25) is 5.95 Å². The predicted octanol–water partition coefficient (Wildman–Crippen LogP) is 3.51. The lowest BCUT2D eigenvalue weighted by Crippen LogP contribution is -2.64. The van der Waals surface area contributed by atoms with Crippen LogP contribution in [0.3, 0.4) is 0 Å². The number of imidazole rings is 1. The molecule has 208 valence electrons. The van der Waals surface area contributed by atoms with Crippen molar-refractivity contribution in [2.75, 3.05) is 62.7 Å². The molecule has 2 aliphatic rings. The number of methoxy groups -OCH3 is 2. The van der Waals surface area contributed by atoms with E-state index in [0.29, 0.717) is 62.6 Å². The molecule has 1 spiro atoms. The third kappa shape index (κ3) is 4.92. The molecule has 11 nitrogen and oxygen atoms in total. The molecule has 1 atom stereocenters. The molecular formula is C28H37N7O4. The zero-order chi connectivity index (χ0) is 27.7. The number of aryl methyl sites for hydroxylation is 1. The Bertz CT molecular complexity index is 1350. The number of anilines is 4. The third-order valence-electron chi connectivity index (χ3n) is 7.30. The second-order valence-electron chi connectivity index (χ2n) is 10.5. The van der Waals surface area contributed by atoms with Crippen LogP contribution in [0.2, 0.25) is 0 Å². The van der Waals surface area contributed by atoms with E-state index in [1.165, 1.54) is 0 Å². The molecule has 1 amide bonds. The molecule has 0 aliphatic carbocycles. The van der Waals surface area contributed by atoms with Gasteiger partial charge in [-0.2, -0.15) is 4.98 Å². The monoisotopic (exact) mass is 535 g/mol. The van der Waals surface area contributed by atoms with E-state index in [4.69, 9.17) is 24.2 Å². The number of hydrogen-bond acceptors (Lipinski definition) is 9. The number of amides is 1. The average Bonchev–Trinajstić information content (AvgIpc) is 3.57. The Balaban J connectivity index is 1.58. The van der Waals surface area contributed by atoms with Gasteiger partial charge in [0.1, 0.15) is 17.0 Å². The summed E-state index contributed by atoms with van der Waals surface area (Å²) in [5.74, 6) is 2.19. The van der Waals surface area contributed by atoms with Crippen LogP contribution in [-0.4, -0.2) is 78.6 Å². The van der Waals surface area contributed by atoms with E-state index < -0.39 is 5.54 Å². The molecule has 0 saturated carbocycles. The summed E-state index contributed by atoms with van der Waals surface area (Å²) in [6.07, 6.45) is 5.00. The minimum Gasteiger partial charge on any atom is -0.494 e. The van der Waals surface area contributed by atoms with Crippen LogP contribution in [0, 0.1) is 12.8 Å². The largest absolute Gasteiger partial charge is 0.494 e. The van der Waals surface area contributed by atoms with Crippen LogP contribution in [0.25, 0.3) is 5.69 Å². The van der Waals surface area contributed by atoms with Crippen molar-refractivity contribution in [3.05, 3.63) is 42.1 Å². The minimum atomic E-state index is -0.811. The molecule has 1 saturated heterocycles. The molecule has 1 fully saturated rings. The molecule has 1 aromatic carbocycles. The van der Waals surface area contributed by atoms with E-state index >= 15 is 0 Å². The normalized spacial score (nSPS) is 18.8. The Hall–Kier alpha value is -3.70. The van der Waals surface area contributed by atoms with Gasteiger partial charge in [-0.3, -0.25) is 4.79 Å². The highest BCUT2D eigenvalue weighted by atomic mass is 16.5. The summed E-state index contributed by atoms with van der Waals surface area (Å²) in [6, 6.07) is 5.85. The zero-order valence-electron chi connectivity index (χ0n) is 23.5. The summed E-state index contributed by atoms with van der Waals surface area (Å²) in [4.78, 5) is 31.8. The third-order valence-corrected chi connectivity index (χ3v) is 7.30. The van der Waals surface area contributed by atoms with E-state index in [-0.39, 0.29) is 5.91 Å². The van der Waals surface area contributed by atoms with E-state index in [1.54, 1.807) is 25.4 Å². The highest BCUT2D eigenvalue weighted by Crippen LogP contribution is 2.44. The summed E-state index contributed by atoms with van der Waals surface area (Å²) in [5.41, 5.74) is 3.34. The number of likely N-dealkylation sites (N-methyl/N-ethyl adjacent to an activating group) is 1. The summed E-state index contributed by atoms with van der Waals surface area (Å²) < 4.78 is 18.8. The molecule has 11 heteroatoms. The first-order chi connectivity index (χ1) is 18.8. The molecular weight excluding hydrogens is 498 g/mol. The molecule has 2 aliphatic heterocycles. The molecule has 3 aromatic rings. The quantitative estimate of drug-likeness (QED) is 0.440. The second-order valence-corrected chi connectivity index (χ2v) is 10.5. The minimum absolute atomic E-state index is 0.00739. The Morgan fingerprint density at radius 3 is 2.69 bits per heavy atom. The average molecular weight is 536 g/mol. The molecule has 2 aromatic heterocycles. The Morgan fingerprint density at radius 1 is 1.23 bits per heavy atom. The number of hydrogen-bond donors (Lipinski definition) is 1. The van der Waals surface area contributed by atoms with Crippen molar-refractivity contribution in [1.29, 1.82) is 0 Å². The number of ether oxygens (including phenoxy) is 3. The molecule has 5 rings (SSSR count). The van der Waals surface area contributed by atoms with Crippen molar-refractivity contribution in [3.63, 3.8) is 0 Å². The second kappa shape index (κ2) is 10.8. The number of nitrogens with zero attached hydrogens (tertiary/aromatic N) is 6. The van der Waals surface area contributed by atoms with Gasteiger partial charge < -0.3 is 33.9 Å². The molecule has 1 N–H and O–H groups in total. The summed E-state index contributed by atoms with van der Waals surface area (Å²) in [6.45, 7) is 8.04. The van der Waals surface area contributed by atoms with E-state index in [0.717, 1.165) is 28.5 Å². The standard InChI is InChI=1S/C28H37N7O4/c1-18(2)13-21-24-25(35(10-12-37-5)28(9-11-39-16-28)26(36)33(24)4)32-27(31-21)30-20-7-8-22(23(14-20)38-6)34-15-19(3)29-17-34/h7-8,14-15,17-18H,9-13,16H2,1-6H3,(H,30,31,32). The van der Waals surface area contributed by atoms with Gasteiger partial charge in [-0.05, 0) is 31.4 Å². The van der Waals surface area contributed by atoms with Gasteiger partial charge in [0.25, 0.3) is 5.91 Å². The fraction of sp³-hybridized carbons (Fsp3) is 0.500. The maximum Gasteiger partial charge on any atom is 0.255 e. The van der Waals surface area contributed by atoms with E-state index in [9.17, 15) is 4.79 Å². The van der Waals surface area contributed by atoms with Crippen molar-refractivity contribution in [1.82, 2.24) is 19.5 Å². The number of benzene rings is 1. The first-order valence-corrected chi connectivity index (χ1v) is 13.3. The van der Waals surface area contributed by atoms with Gasteiger partial charge in [0.05, 0.1) is 43.7 Å². The van der Waals surface area contributed by atoms with Gasteiger partial charge in [-0.15, -0.1) is 0 Å². The fourth-order valence-corrected chi connectivity index (χ4v) is 5.43. The number of rotatable bonds is 9. The van der Waals surface area contributed by atoms with E-state index in [1.807, 2.05) is 42.9 Å². The highest BCUT2D eigenvalue weighted by molar-refractivity contribution is 6.08. The number of fused-ring (bicyclic) bond motifs is 1. The van der Waals surface area contributed by atoms with Crippen molar-refractivity contribution in [3.8, 4) is 11.4 Å². The first-order valence-electron chi connectivity index (χ1n) is 13.3. The number of nitrogens with one attached hydrogen (secondary N) is 1. The lowest BCUT2D eigenvalue weighted by atomic mass is 9.90. The van der Waals surface area contributed by atoms with Gasteiger partial charge in [0, 0.05) is 51.7 Å². The summed E-state index contributed by atoms with van der Waals surface area (Å²) in [7, 11) is 5.12. The van der Waals surface area contributed by atoms with Gasteiger partial charge in [-0.25, -0.2) is 9.97 Å². The van der Waals surface area contributed by atoms with Crippen molar-refractivity contribution < 1.29 is 19.0 Å². The van der Waals surface area contributed by atoms with E-state index in [2.05, 4.69) is 29.0 Å². The van der Waals surface area contributed by atoms with Crippen molar-refractivity contribution in [2.24, 2.45) is 5.92 Å². The highest BCUT2D eigenvalue weighted by Gasteiger charge is 2.54. The van der Waals surface area contributed by atoms with Gasteiger partial charge in [-0.1, -0.05) is 13.8 Å². The first kappa shape index (κ1) is 26.9. The Labute approximate surface area is 229 Å². The molecule has 4 heterocycles. The van der Waals surface area contributed by atoms with Crippen LogP contribution in [0.5, 0.6) is 5.75 Å². The van der Waals surface area contributed by atoms with Crippen LogP contribution in [0.1, 0.15) is 31.7 Å². The maximum absolute atomic E-state index is 13.8. The van der Waals surface area contributed by atoms with Crippen LogP contribution in [0.15, 0.2) is 30.7 Å². The summed E-state index contributed by atoms with van der Waals surface area (Å²) >= 11 is 0. The van der Waals surface area contributed by atoms with Crippen LogP contribution in [0.4, 0.5) is 23.1 Å². The van der Waals surface area contributed by atoms with Crippen LogP contribution < -0.4 is 19.9 Å². The Morgan fingerprint density at radius 2 is 2.05 bits per heavy atom. The van der Waals surface area contributed by atoms with Gasteiger partial charge in [0.15, 0.2) is 5.82 Å². The summed E-state index contributed by atoms with van der Waals surface area (Å²) in [5, 5.41) is 3.39. The molecule has 0 bridgehead atoms. The smallest absolute Gasteiger partial charge is 0.255 e. The SMILES string of the molecule is COCCN1c2nc(Nc3ccc(-n4cnc(C)c4)c(OC)c3)nc(CC(C)C)c2N(C)C(=O)C12CCOC2. The topological polar surface area (TPSA) is 107 Å². The molecule has 1 unspecified atom stereocenters. The van der Waals surface area contributed by atoms with Crippen molar-refractivity contribution >= 4 is 29.0 Å². The Kier molecular flexibility index (Phi) is 7.46. The number of aromatic nitrogens is 4. The molecule has 0 radical (unpaired) electrons. The lowest BCUT2D eigenvalue weighted by Gasteiger charge is -2.47. The van der Waals surface area contributed by atoms with Crippen LogP contribution >= 0.6 is 0 Å². The number of carbonyl (C=O) groups excluding carboxylic acids is 1. The number of carbonyl (C=O) groups is 1. The lowest BCUT2D eigenvalue weighted by molar-refractivity contribution is -0.124. The van der Waals surface area contributed by atoms with Gasteiger partial charge >= 0.3 is 0 Å². The maximum atomic E-state index is 13.8. The zero-order valence-corrected chi connectivity index (χ0v) is 23.5. The fourth-order valence-electron chi connectivity index (χ4n) is 5.43. The van der Waals surface area contributed by atoms with Crippen LogP contribution in [-0.2, 0) is 20.7 Å². The predicted molar refractivity (Wildman–Crippen MR) is 150 cm³/mol. The molecule has 39 heavy (non-hydrogen) atoms.